The van der Waals surface area contributed by atoms with Crippen molar-refractivity contribution in [2.75, 3.05) is 66.7 Å². The molecule has 0 spiro atoms. The van der Waals surface area contributed by atoms with Gasteiger partial charge in [0, 0.05) is 45.7 Å². The molecule has 0 bridgehead atoms. The second-order valence-corrected chi connectivity index (χ2v) is 15.3. The fraction of sp³-hybridized carbons (Fsp3) is 0.778. The summed E-state index contributed by atoms with van der Waals surface area (Å²) in [7, 11) is 3.02. The molecule has 0 unspecified atom stereocenters. The average Bonchev–Trinajstić information content (AvgIpc) is 3.67. The zero-order valence-electron chi connectivity index (χ0n) is 30.3. The molecule has 1 aromatic heterocycles. The van der Waals surface area contributed by atoms with E-state index in [9.17, 15) is 24.3 Å². The number of nitrogens with one attached hydrogen (secondary N) is 1. The maximum Gasteiger partial charge on any atom is 0.242 e. The molecule has 3 fully saturated rings. The first-order valence-electron chi connectivity index (χ1n) is 18.3. The molecule has 3 amide bonds. The van der Waals surface area contributed by atoms with Gasteiger partial charge in [-0.15, -0.1) is 5.10 Å². The van der Waals surface area contributed by atoms with Crippen LogP contribution >= 0.6 is 0 Å². The van der Waals surface area contributed by atoms with Crippen molar-refractivity contribution in [1.29, 1.82) is 0 Å². The first-order valence-corrected chi connectivity index (χ1v) is 18.3. The molecule has 0 radical (unpaired) electrons. The van der Waals surface area contributed by atoms with Crippen LogP contribution in [-0.4, -0.2) is 120 Å². The smallest absolute Gasteiger partial charge is 0.242 e. The Hall–Kier alpha value is -3.20. The van der Waals surface area contributed by atoms with Gasteiger partial charge in [-0.25, -0.2) is 0 Å². The summed E-state index contributed by atoms with van der Waals surface area (Å²) >= 11 is 0. The average molecular weight is 700 g/mol. The molecule has 0 aromatic carbocycles. The van der Waals surface area contributed by atoms with Crippen molar-refractivity contribution in [3.63, 3.8) is 0 Å². The molecule has 14 heteroatoms. The van der Waals surface area contributed by atoms with Crippen LogP contribution in [0.5, 0.6) is 0 Å². The number of nitrogens with two attached hydrogens (primary N) is 1. The highest BCUT2D eigenvalue weighted by atomic mass is 16.5. The lowest BCUT2D eigenvalue weighted by molar-refractivity contribution is -0.142. The van der Waals surface area contributed by atoms with E-state index in [4.69, 9.17) is 15.2 Å². The van der Waals surface area contributed by atoms with E-state index in [1.165, 1.54) is 29.6 Å². The maximum atomic E-state index is 13.0. The van der Waals surface area contributed by atoms with Gasteiger partial charge in [0.1, 0.15) is 11.3 Å². The molecule has 50 heavy (non-hydrogen) atoms. The number of hydrogen-bond acceptors (Lipinski definition) is 10. The molecular formula is C36H57N7O7. The Morgan fingerprint density at radius 2 is 1.70 bits per heavy atom. The summed E-state index contributed by atoms with van der Waals surface area (Å²) in [6.45, 7) is 6.22. The first-order chi connectivity index (χ1) is 23.9. The number of rotatable bonds is 17. The monoisotopic (exact) mass is 699 g/mol. The highest BCUT2D eigenvalue weighted by molar-refractivity contribution is 5.91. The fourth-order valence-electron chi connectivity index (χ4n) is 9.70. The number of carbonyl (C=O) groups excluding carboxylic acids is 4. The molecule has 6 atom stereocenters. The van der Waals surface area contributed by atoms with Crippen LogP contribution in [0.25, 0.3) is 0 Å². The van der Waals surface area contributed by atoms with E-state index >= 15 is 0 Å². The van der Waals surface area contributed by atoms with E-state index in [1.807, 2.05) is 12.3 Å². The minimum atomic E-state index is -1.04. The molecule has 4 aliphatic carbocycles. The molecular weight excluding hydrogens is 642 g/mol. The van der Waals surface area contributed by atoms with Gasteiger partial charge in [-0.05, 0) is 87.2 Å². The van der Waals surface area contributed by atoms with Gasteiger partial charge in [-0.3, -0.25) is 23.9 Å². The number of nitrogens with zero attached hydrogens (tertiary/aromatic N) is 5. The Morgan fingerprint density at radius 1 is 1.00 bits per heavy atom. The van der Waals surface area contributed by atoms with Crippen molar-refractivity contribution in [3.05, 3.63) is 23.5 Å². The van der Waals surface area contributed by atoms with Crippen molar-refractivity contribution in [2.24, 2.45) is 34.3 Å². The van der Waals surface area contributed by atoms with Gasteiger partial charge in [0.25, 0.3) is 0 Å². The number of aliphatic hydroxyl groups is 1. The summed E-state index contributed by atoms with van der Waals surface area (Å²) in [5, 5.41) is 24.4. The molecule has 5 rings (SSSR count). The van der Waals surface area contributed by atoms with E-state index in [1.54, 1.807) is 4.68 Å². The number of ketones is 1. The van der Waals surface area contributed by atoms with Gasteiger partial charge in [0.05, 0.1) is 39.0 Å². The first kappa shape index (κ1) is 38.0. The predicted octanol–water partition coefficient (Wildman–Crippen LogP) is 1.41. The van der Waals surface area contributed by atoms with E-state index in [-0.39, 0.29) is 68.5 Å². The number of aryl methyl sites for hydroxylation is 1. The SMILES string of the molecule is COCCN(CC(N)=O)C(=O)CN(CCOC)C(=O)CNCCCn1cc([C@]2(O)CC[C@H]3[C@@H]4CCC5=CC(=O)CC[C@]5(C)[C@H]4CC[C@@]32C)nn1. The molecule has 3 saturated carbocycles. The van der Waals surface area contributed by atoms with E-state index in [0.29, 0.717) is 55.8 Å². The van der Waals surface area contributed by atoms with Gasteiger partial charge in [0.15, 0.2) is 5.78 Å². The second kappa shape index (κ2) is 16.0. The molecule has 4 aliphatic rings. The standard InChI is InChI=1S/C36H57N7O7/c1-34-11-8-26(44)20-25(34)6-7-27-28(34)9-12-35(2)29(27)10-13-36(35,48)30-22-43(40-39-30)15-5-14-38-21-32(46)42(17-19-50-4)24-33(47)41(16-18-49-3)23-31(37)45/h20,22,27-29,38,48H,5-19,21,23-24H2,1-4H3,(H2,37,45)/t27-,28+,29+,34+,35+,36-/m1/s1. The topological polar surface area (TPSA) is 182 Å². The van der Waals surface area contributed by atoms with E-state index < -0.39 is 17.4 Å². The summed E-state index contributed by atoms with van der Waals surface area (Å²) < 4.78 is 11.9. The molecule has 1 aromatic rings. The predicted molar refractivity (Wildman–Crippen MR) is 184 cm³/mol. The third-order valence-electron chi connectivity index (χ3n) is 12.6. The maximum absolute atomic E-state index is 13.0. The lowest BCUT2D eigenvalue weighted by Gasteiger charge is -2.59. The Kier molecular flexibility index (Phi) is 12.2. The summed E-state index contributed by atoms with van der Waals surface area (Å²) in [6, 6.07) is 0. The summed E-state index contributed by atoms with van der Waals surface area (Å²) in [6.07, 6.45) is 11.8. The van der Waals surface area contributed by atoms with Crippen molar-refractivity contribution >= 4 is 23.5 Å². The minimum absolute atomic E-state index is 0.0295. The number of methoxy groups -OCH3 is 2. The summed E-state index contributed by atoms with van der Waals surface area (Å²) in [4.78, 5) is 52.3. The summed E-state index contributed by atoms with van der Waals surface area (Å²) in [5.41, 5.74) is 6.09. The quantitative estimate of drug-likeness (QED) is 0.201. The molecule has 0 saturated heterocycles. The Morgan fingerprint density at radius 3 is 2.40 bits per heavy atom. The van der Waals surface area contributed by atoms with E-state index in [0.717, 1.165) is 38.5 Å². The van der Waals surface area contributed by atoms with Gasteiger partial charge in [-0.2, -0.15) is 0 Å². The van der Waals surface area contributed by atoms with Crippen molar-refractivity contribution in [1.82, 2.24) is 30.1 Å². The zero-order chi connectivity index (χ0) is 36.1. The Labute approximate surface area is 295 Å². The molecule has 4 N–H and O–H groups in total. The van der Waals surface area contributed by atoms with Crippen LogP contribution in [0, 0.1) is 28.6 Å². The third-order valence-corrected chi connectivity index (χ3v) is 12.6. The van der Waals surface area contributed by atoms with Crippen molar-refractivity contribution < 1.29 is 33.8 Å². The molecule has 278 valence electrons. The van der Waals surface area contributed by atoms with Crippen LogP contribution in [0.15, 0.2) is 17.8 Å². The van der Waals surface area contributed by atoms with Crippen molar-refractivity contribution in [2.45, 2.75) is 83.8 Å². The fourth-order valence-corrected chi connectivity index (χ4v) is 9.70. The number of primary amides is 1. The van der Waals surface area contributed by atoms with Crippen LogP contribution in [0.2, 0.25) is 0 Å². The largest absolute Gasteiger partial charge is 0.383 e. The lowest BCUT2D eigenvalue weighted by Crippen LogP contribution is -2.53. The Balaban J connectivity index is 1.12. The number of aromatic nitrogens is 3. The number of fused-ring (bicyclic) bond motifs is 5. The second-order valence-electron chi connectivity index (χ2n) is 15.3. The van der Waals surface area contributed by atoms with Crippen LogP contribution in [0.1, 0.15) is 77.3 Å². The van der Waals surface area contributed by atoms with Crippen molar-refractivity contribution in [3.8, 4) is 0 Å². The number of hydrogen-bond donors (Lipinski definition) is 3. The highest BCUT2D eigenvalue weighted by Crippen LogP contribution is 2.69. The van der Waals surface area contributed by atoms with Crippen LogP contribution in [0.4, 0.5) is 0 Å². The molecule has 0 aliphatic heterocycles. The van der Waals surface area contributed by atoms with Crippen LogP contribution in [0.3, 0.4) is 0 Å². The zero-order valence-corrected chi connectivity index (χ0v) is 30.3. The lowest BCUT2D eigenvalue weighted by atomic mass is 9.46. The number of amides is 3. The van der Waals surface area contributed by atoms with Crippen LogP contribution in [-0.2, 0) is 40.8 Å². The number of ether oxygens (including phenoxy) is 2. The van der Waals surface area contributed by atoms with Gasteiger partial charge in [0.2, 0.25) is 17.7 Å². The highest BCUT2D eigenvalue weighted by Gasteiger charge is 2.65. The van der Waals surface area contributed by atoms with Gasteiger partial charge >= 0.3 is 0 Å². The minimum Gasteiger partial charge on any atom is -0.383 e. The van der Waals surface area contributed by atoms with E-state index in [2.05, 4.69) is 29.5 Å². The normalized spacial score (nSPS) is 30.2. The molecule has 14 nitrogen and oxygen atoms in total. The Bertz CT molecular complexity index is 1430. The third kappa shape index (κ3) is 7.68. The van der Waals surface area contributed by atoms with Gasteiger partial charge in [-0.1, -0.05) is 24.6 Å². The van der Waals surface area contributed by atoms with Crippen LogP contribution < -0.4 is 11.1 Å². The number of carbonyl (C=O) groups is 4. The number of allylic oxidation sites excluding steroid dienone is 1. The molecule has 1 heterocycles. The van der Waals surface area contributed by atoms with Gasteiger partial charge < -0.3 is 35.4 Å². The summed E-state index contributed by atoms with van der Waals surface area (Å²) in [5.74, 6) is 0.471.